The summed E-state index contributed by atoms with van der Waals surface area (Å²) in [4.78, 5) is 26.1. The molecule has 1 atom stereocenters. The van der Waals surface area contributed by atoms with Crippen LogP contribution in [0.5, 0.6) is 0 Å². The zero-order chi connectivity index (χ0) is 22.2. The van der Waals surface area contributed by atoms with Crippen LogP contribution in [0.25, 0.3) is 22.5 Å². The summed E-state index contributed by atoms with van der Waals surface area (Å²) in [5, 5.41) is 9.61. The lowest BCUT2D eigenvalue weighted by atomic mass is 10.1. The lowest BCUT2D eigenvalue weighted by Crippen LogP contribution is -2.29. The van der Waals surface area contributed by atoms with Crippen molar-refractivity contribution in [2.24, 2.45) is 0 Å². The SMILES string of the molecule is Nc1ncc(-c2ccc(C(=O)N3CCC(O)C3)cc2)nc1-c1ccc(C(F)(F)F)nc1. The van der Waals surface area contributed by atoms with Crippen LogP contribution in [-0.2, 0) is 6.18 Å². The number of rotatable bonds is 3. The maximum Gasteiger partial charge on any atom is 0.433 e. The first-order valence-electron chi connectivity index (χ1n) is 9.46. The monoisotopic (exact) mass is 429 g/mol. The van der Waals surface area contributed by atoms with Gasteiger partial charge in [-0.2, -0.15) is 13.2 Å². The van der Waals surface area contributed by atoms with Gasteiger partial charge in [-0.15, -0.1) is 0 Å². The normalized spacial score (nSPS) is 16.5. The molecule has 4 rings (SSSR count). The van der Waals surface area contributed by atoms with E-state index in [-0.39, 0.29) is 17.4 Å². The number of amides is 1. The molecule has 3 aromatic rings. The number of benzene rings is 1. The summed E-state index contributed by atoms with van der Waals surface area (Å²) in [6.07, 6.45) is -1.97. The fraction of sp³-hybridized carbons (Fsp3) is 0.238. The van der Waals surface area contributed by atoms with E-state index in [9.17, 15) is 23.1 Å². The number of anilines is 1. The molecular formula is C21H18F3N5O2. The molecule has 1 saturated heterocycles. The number of nitrogens with two attached hydrogens (primary N) is 1. The molecule has 1 aliphatic heterocycles. The summed E-state index contributed by atoms with van der Waals surface area (Å²) >= 11 is 0. The number of aliphatic hydroxyl groups excluding tert-OH is 1. The third-order valence-electron chi connectivity index (χ3n) is 5.01. The van der Waals surface area contributed by atoms with Crippen LogP contribution in [0.4, 0.5) is 19.0 Å². The van der Waals surface area contributed by atoms with E-state index < -0.39 is 18.0 Å². The van der Waals surface area contributed by atoms with Crippen molar-refractivity contribution in [3.63, 3.8) is 0 Å². The van der Waals surface area contributed by atoms with Crippen LogP contribution >= 0.6 is 0 Å². The molecule has 2 aromatic heterocycles. The van der Waals surface area contributed by atoms with E-state index in [1.54, 1.807) is 29.2 Å². The van der Waals surface area contributed by atoms with Gasteiger partial charge in [0, 0.05) is 36.0 Å². The average molecular weight is 429 g/mol. The molecule has 1 aliphatic rings. The highest BCUT2D eigenvalue weighted by Crippen LogP contribution is 2.30. The van der Waals surface area contributed by atoms with Crippen LogP contribution in [0.2, 0.25) is 0 Å². The first-order chi connectivity index (χ1) is 14.7. The number of hydrogen-bond acceptors (Lipinski definition) is 6. The summed E-state index contributed by atoms with van der Waals surface area (Å²) in [6, 6.07) is 8.81. The molecule has 160 valence electrons. The standard InChI is InChI=1S/C21H18F3N5O2/c22-21(23,24)17-6-5-14(9-26-17)18-19(25)27-10-16(28-18)12-1-3-13(4-2-12)20(31)29-8-7-15(30)11-29/h1-6,9-10,15,30H,7-8,11H2,(H2,25,27). The predicted molar refractivity (Wildman–Crippen MR) is 107 cm³/mol. The lowest BCUT2D eigenvalue weighted by Gasteiger charge is -2.15. The molecule has 31 heavy (non-hydrogen) atoms. The smallest absolute Gasteiger partial charge is 0.391 e. The molecule has 3 N–H and O–H groups in total. The fourth-order valence-corrected chi connectivity index (χ4v) is 3.34. The number of aliphatic hydroxyl groups is 1. The van der Waals surface area contributed by atoms with Crippen LogP contribution in [0.15, 0.2) is 48.8 Å². The Morgan fingerprint density at radius 3 is 2.35 bits per heavy atom. The van der Waals surface area contributed by atoms with Gasteiger partial charge >= 0.3 is 6.18 Å². The Labute approximate surface area is 175 Å². The molecule has 10 heteroatoms. The Kier molecular flexibility index (Phi) is 5.32. The number of likely N-dealkylation sites (tertiary alicyclic amines) is 1. The van der Waals surface area contributed by atoms with Crippen LogP contribution in [0.3, 0.4) is 0 Å². The van der Waals surface area contributed by atoms with Gasteiger partial charge in [-0.3, -0.25) is 9.78 Å². The van der Waals surface area contributed by atoms with Gasteiger partial charge in [-0.1, -0.05) is 12.1 Å². The molecule has 0 aliphatic carbocycles. The van der Waals surface area contributed by atoms with Crippen molar-refractivity contribution in [1.29, 1.82) is 0 Å². The van der Waals surface area contributed by atoms with Crippen molar-refractivity contribution < 1.29 is 23.1 Å². The molecule has 0 saturated carbocycles. The van der Waals surface area contributed by atoms with Crippen molar-refractivity contribution >= 4 is 11.7 Å². The summed E-state index contributed by atoms with van der Waals surface area (Å²) in [5.41, 5.74) is 6.97. The van der Waals surface area contributed by atoms with Gasteiger partial charge in [0.15, 0.2) is 0 Å². The summed E-state index contributed by atoms with van der Waals surface area (Å²) < 4.78 is 38.2. The fourth-order valence-electron chi connectivity index (χ4n) is 3.34. The van der Waals surface area contributed by atoms with Crippen LogP contribution in [0, 0.1) is 0 Å². The molecule has 1 amide bonds. The van der Waals surface area contributed by atoms with E-state index in [4.69, 9.17) is 5.73 Å². The average Bonchev–Trinajstić information content (AvgIpc) is 3.19. The molecule has 1 aromatic carbocycles. The van der Waals surface area contributed by atoms with Crippen LogP contribution in [-0.4, -0.2) is 50.1 Å². The highest BCUT2D eigenvalue weighted by molar-refractivity contribution is 5.95. The molecule has 0 bridgehead atoms. The third kappa shape index (κ3) is 4.33. The summed E-state index contributed by atoms with van der Waals surface area (Å²) in [5.74, 6) is -0.104. The van der Waals surface area contributed by atoms with Crippen LogP contribution < -0.4 is 5.73 Å². The molecule has 3 heterocycles. The van der Waals surface area contributed by atoms with Gasteiger partial charge in [0.2, 0.25) is 0 Å². The number of β-amino-alcohol motifs (C(OH)–C–C–N with tert-alkyl or cyclic N) is 1. The molecular weight excluding hydrogens is 411 g/mol. The van der Waals surface area contributed by atoms with Gasteiger partial charge in [-0.25, -0.2) is 9.97 Å². The number of carbonyl (C=O) groups excluding carboxylic acids is 1. The van der Waals surface area contributed by atoms with E-state index in [0.29, 0.717) is 41.9 Å². The van der Waals surface area contributed by atoms with Gasteiger partial charge in [-0.05, 0) is 30.7 Å². The molecule has 1 unspecified atom stereocenters. The topological polar surface area (TPSA) is 105 Å². The van der Waals surface area contributed by atoms with Gasteiger partial charge in [0.05, 0.1) is 18.0 Å². The Balaban J connectivity index is 1.59. The van der Waals surface area contributed by atoms with Crippen molar-refractivity contribution in [3.8, 4) is 22.5 Å². The minimum Gasteiger partial charge on any atom is -0.391 e. The number of nitrogen functional groups attached to an aromatic ring is 1. The minimum absolute atomic E-state index is 0.0599. The minimum atomic E-state index is -4.54. The van der Waals surface area contributed by atoms with E-state index in [0.717, 1.165) is 12.3 Å². The second-order valence-corrected chi connectivity index (χ2v) is 7.19. The number of aromatic nitrogens is 3. The lowest BCUT2D eigenvalue weighted by molar-refractivity contribution is -0.141. The van der Waals surface area contributed by atoms with Gasteiger partial charge in [0.25, 0.3) is 5.91 Å². The number of pyridine rings is 1. The Morgan fingerprint density at radius 2 is 1.77 bits per heavy atom. The molecule has 0 radical (unpaired) electrons. The number of halogens is 3. The van der Waals surface area contributed by atoms with E-state index in [1.165, 1.54) is 12.3 Å². The second kappa shape index (κ2) is 7.95. The first-order valence-corrected chi connectivity index (χ1v) is 9.46. The molecule has 7 nitrogen and oxygen atoms in total. The van der Waals surface area contributed by atoms with E-state index in [1.807, 2.05) is 0 Å². The highest BCUT2D eigenvalue weighted by atomic mass is 19.4. The van der Waals surface area contributed by atoms with Crippen LogP contribution in [0.1, 0.15) is 22.5 Å². The zero-order valence-electron chi connectivity index (χ0n) is 16.2. The Bertz CT molecular complexity index is 1100. The highest BCUT2D eigenvalue weighted by Gasteiger charge is 2.32. The van der Waals surface area contributed by atoms with Gasteiger partial charge in [0.1, 0.15) is 17.2 Å². The van der Waals surface area contributed by atoms with Gasteiger partial charge < -0.3 is 15.7 Å². The third-order valence-corrected chi connectivity index (χ3v) is 5.01. The quantitative estimate of drug-likeness (QED) is 0.663. The number of alkyl halides is 3. The Morgan fingerprint density at radius 1 is 1.06 bits per heavy atom. The number of nitrogens with zero attached hydrogens (tertiary/aromatic N) is 4. The summed E-state index contributed by atoms with van der Waals surface area (Å²) in [7, 11) is 0. The summed E-state index contributed by atoms with van der Waals surface area (Å²) in [6.45, 7) is 0.824. The van der Waals surface area contributed by atoms with Crippen molar-refractivity contribution in [1.82, 2.24) is 19.9 Å². The molecule has 0 spiro atoms. The predicted octanol–water partition coefficient (Wildman–Crippen LogP) is 3.01. The van der Waals surface area contributed by atoms with E-state index >= 15 is 0 Å². The Hall–Kier alpha value is -3.53. The zero-order valence-corrected chi connectivity index (χ0v) is 16.2. The van der Waals surface area contributed by atoms with Crippen molar-refractivity contribution in [3.05, 3.63) is 60.0 Å². The maximum absolute atomic E-state index is 12.7. The maximum atomic E-state index is 12.7. The number of carbonyl (C=O) groups is 1. The van der Waals surface area contributed by atoms with E-state index in [2.05, 4.69) is 15.0 Å². The molecule has 1 fully saturated rings. The largest absolute Gasteiger partial charge is 0.433 e. The number of hydrogen-bond donors (Lipinski definition) is 2. The first kappa shape index (κ1) is 20.7. The second-order valence-electron chi connectivity index (χ2n) is 7.19. The van der Waals surface area contributed by atoms with Crippen molar-refractivity contribution in [2.45, 2.75) is 18.7 Å². The van der Waals surface area contributed by atoms with Crippen molar-refractivity contribution in [2.75, 3.05) is 18.8 Å².